The summed E-state index contributed by atoms with van der Waals surface area (Å²) in [6.45, 7) is 7.07. The molecular weight excluding hydrogens is 334 g/mol. The topological polar surface area (TPSA) is 40.5 Å². The van der Waals surface area contributed by atoms with Crippen LogP contribution in [0.1, 0.15) is 37.8 Å². The van der Waals surface area contributed by atoms with Crippen LogP contribution in [-0.2, 0) is 10.4 Å². The van der Waals surface area contributed by atoms with E-state index in [1.165, 1.54) is 0 Å². The quantitative estimate of drug-likeness (QED) is 0.732. The van der Waals surface area contributed by atoms with Gasteiger partial charge < -0.3 is 10.0 Å². The average molecular weight is 362 g/mol. The lowest BCUT2D eigenvalue weighted by molar-refractivity contribution is -0.134. The van der Waals surface area contributed by atoms with Crippen LogP contribution in [0.4, 0.5) is 0 Å². The summed E-state index contributed by atoms with van der Waals surface area (Å²) >= 11 is 0. The SMILES string of the molecule is CCN(CC)CCCC(=O)C(O)(c1ccccc1)c1ccccc1.Cl. The van der Waals surface area contributed by atoms with Crippen LogP contribution in [0.5, 0.6) is 0 Å². The van der Waals surface area contributed by atoms with E-state index in [1.54, 1.807) is 0 Å². The summed E-state index contributed by atoms with van der Waals surface area (Å²) in [4.78, 5) is 15.2. The van der Waals surface area contributed by atoms with Gasteiger partial charge in [0.15, 0.2) is 11.4 Å². The number of aliphatic hydroxyl groups is 1. The molecule has 0 unspecified atom stereocenters. The third kappa shape index (κ3) is 5.15. The van der Waals surface area contributed by atoms with Crippen molar-refractivity contribution >= 4 is 18.2 Å². The summed E-state index contributed by atoms with van der Waals surface area (Å²) in [5.41, 5.74) is -0.320. The van der Waals surface area contributed by atoms with Crippen molar-refractivity contribution in [3.8, 4) is 0 Å². The van der Waals surface area contributed by atoms with Crippen molar-refractivity contribution in [1.29, 1.82) is 0 Å². The summed E-state index contributed by atoms with van der Waals surface area (Å²) < 4.78 is 0. The Morgan fingerprint density at radius 3 is 1.76 bits per heavy atom. The molecule has 1 N–H and O–H groups in total. The van der Waals surface area contributed by atoms with Crippen LogP contribution >= 0.6 is 12.4 Å². The van der Waals surface area contributed by atoms with Gasteiger partial charge in [-0.05, 0) is 37.2 Å². The number of ketones is 1. The maximum atomic E-state index is 13.0. The second-order valence-electron chi connectivity index (χ2n) is 6.00. The Bertz CT molecular complexity index is 587. The second-order valence-corrected chi connectivity index (χ2v) is 6.00. The van der Waals surface area contributed by atoms with Crippen molar-refractivity contribution in [1.82, 2.24) is 4.90 Å². The Labute approximate surface area is 157 Å². The second kappa shape index (κ2) is 10.3. The first kappa shape index (κ1) is 21.4. The third-order valence-corrected chi connectivity index (χ3v) is 4.56. The molecule has 0 heterocycles. The van der Waals surface area contributed by atoms with Crippen LogP contribution in [0, 0.1) is 0 Å². The molecule has 0 aromatic heterocycles. The number of carbonyl (C=O) groups is 1. The average Bonchev–Trinajstić information content (AvgIpc) is 2.65. The molecule has 25 heavy (non-hydrogen) atoms. The Morgan fingerprint density at radius 2 is 1.36 bits per heavy atom. The van der Waals surface area contributed by atoms with Crippen molar-refractivity contribution in [2.75, 3.05) is 19.6 Å². The first-order valence-corrected chi connectivity index (χ1v) is 8.72. The zero-order valence-corrected chi connectivity index (χ0v) is 15.8. The van der Waals surface area contributed by atoms with Crippen molar-refractivity contribution in [3.63, 3.8) is 0 Å². The minimum absolute atomic E-state index is 0. The Hall–Kier alpha value is -1.68. The van der Waals surface area contributed by atoms with E-state index >= 15 is 0 Å². The van der Waals surface area contributed by atoms with Gasteiger partial charge in [0.2, 0.25) is 0 Å². The number of Topliss-reactive ketones (excluding diaryl/α,β-unsaturated/α-hetero) is 1. The Morgan fingerprint density at radius 1 is 0.920 bits per heavy atom. The van der Waals surface area contributed by atoms with Gasteiger partial charge in [0.1, 0.15) is 0 Å². The van der Waals surface area contributed by atoms with E-state index in [-0.39, 0.29) is 18.2 Å². The van der Waals surface area contributed by atoms with Crippen LogP contribution < -0.4 is 0 Å². The van der Waals surface area contributed by atoms with Gasteiger partial charge in [0.05, 0.1) is 0 Å². The molecule has 3 nitrogen and oxygen atoms in total. The van der Waals surface area contributed by atoms with E-state index in [1.807, 2.05) is 60.7 Å². The molecule has 0 spiro atoms. The van der Waals surface area contributed by atoms with Gasteiger partial charge in [-0.3, -0.25) is 4.79 Å². The lowest BCUT2D eigenvalue weighted by Crippen LogP contribution is -2.37. The molecule has 136 valence electrons. The molecule has 0 amide bonds. The predicted octanol–water partition coefficient (Wildman–Crippen LogP) is 4.04. The van der Waals surface area contributed by atoms with Gasteiger partial charge >= 0.3 is 0 Å². The lowest BCUT2D eigenvalue weighted by Gasteiger charge is -2.28. The van der Waals surface area contributed by atoms with Crippen molar-refractivity contribution in [3.05, 3.63) is 71.8 Å². The summed E-state index contributed by atoms with van der Waals surface area (Å²) in [7, 11) is 0. The van der Waals surface area contributed by atoms with Crippen LogP contribution in [-0.4, -0.2) is 35.4 Å². The predicted molar refractivity (Wildman–Crippen MR) is 105 cm³/mol. The normalized spacial score (nSPS) is 11.2. The van der Waals surface area contributed by atoms with Gasteiger partial charge in [-0.25, -0.2) is 0 Å². The zero-order chi connectivity index (χ0) is 17.4. The summed E-state index contributed by atoms with van der Waals surface area (Å²) in [5, 5.41) is 11.3. The molecule has 0 atom stereocenters. The standard InChI is InChI=1S/C21H27NO2.ClH/c1-3-22(4-2)17-11-16-20(23)21(24,18-12-7-5-8-13-18)19-14-9-6-10-15-19;/h5-10,12-15,24H,3-4,11,16-17H2,1-2H3;1H. The van der Waals surface area contributed by atoms with Gasteiger partial charge in [-0.15, -0.1) is 12.4 Å². The molecule has 2 aromatic carbocycles. The molecule has 0 saturated carbocycles. The van der Waals surface area contributed by atoms with Gasteiger partial charge in [-0.1, -0.05) is 74.5 Å². The van der Waals surface area contributed by atoms with Gasteiger partial charge in [0, 0.05) is 6.42 Å². The molecule has 0 aliphatic carbocycles. The highest BCUT2D eigenvalue weighted by Crippen LogP contribution is 2.32. The van der Waals surface area contributed by atoms with Crippen LogP contribution in [0.25, 0.3) is 0 Å². The third-order valence-electron chi connectivity index (χ3n) is 4.56. The van der Waals surface area contributed by atoms with Crippen molar-refractivity contribution in [2.24, 2.45) is 0 Å². The van der Waals surface area contributed by atoms with Crippen LogP contribution in [0.2, 0.25) is 0 Å². The monoisotopic (exact) mass is 361 g/mol. The number of nitrogens with zero attached hydrogens (tertiary/aromatic N) is 1. The molecule has 0 aliphatic heterocycles. The van der Waals surface area contributed by atoms with Gasteiger partial charge in [0.25, 0.3) is 0 Å². The van der Waals surface area contributed by atoms with E-state index in [4.69, 9.17) is 0 Å². The molecule has 0 aliphatic rings. The van der Waals surface area contributed by atoms with E-state index in [2.05, 4.69) is 18.7 Å². The molecule has 2 aromatic rings. The maximum Gasteiger partial charge on any atom is 0.173 e. The fraction of sp³-hybridized carbons (Fsp3) is 0.381. The molecule has 0 bridgehead atoms. The molecular formula is C21H28ClNO2. The highest BCUT2D eigenvalue weighted by molar-refractivity contribution is 5.91. The first-order valence-electron chi connectivity index (χ1n) is 8.72. The first-order chi connectivity index (χ1) is 11.6. The number of halogens is 1. The fourth-order valence-electron chi connectivity index (χ4n) is 3.03. The number of carbonyl (C=O) groups excluding carboxylic acids is 1. The molecule has 0 radical (unpaired) electrons. The minimum atomic E-state index is -1.58. The molecule has 0 fully saturated rings. The summed E-state index contributed by atoms with van der Waals surface area (Å²) in [6.07, 6.45) is 1.11. The van der Waals surface area contributed by atoms with Crippen molar-refractivity contribution in [2.45, 2.75) is 32.3 Å². The number of rotatable bonds is 9. The molecule has 2 rings (SSSR count). The molecule has 4 heteroatoms. The van der Waals surface area contributed by atoms with Crippen LogP contribution in [0.15, 0.2) is 60.7 Å². The van der Waals surface area contributed by atoms with Crippen LogP contribution in [0.3, 0.4) is 0 Å². The van der Waals surface area contributed by atoms with E-state index < -0.39 is 5.60 Å². The summed E-state index contributed by atoms with van der Waals surface area (Å²) in [6, 6.07) is 18.5. The zero-order valence-electron chi connectivity index (χ0n) is 15.0. The van der Waals surface area contributed by atoms with E-state index in [0.29, 0.717) is 17.5 Å². The largest absolute Gasteiger partial charge is 0.373 e. The number of benzene rings is 2. The molecule has 0 saturated heterocycles. The highest BCUT2D eigenvalue weighted by Gasteiger charge is 2.38. The highest BCUT2D eigenvalue weighted by atomic mass is 35.5. The minimum Gasteiger partial charge on any atom is -0.373 e. The lowest BCUT2D eigenvalue weighted by atomic mass is 9.81. The van der Waals surface area contributed by atoms with E-state index in [9.17, 15) is 9.90 Å². The number of hydrogen-bond acceptors (Lipinski definition) is 3. The van der Waals surface area contributed by atoms with E-state index in [0.717, 1.165) is 26.1 Å². The summed E-state index contributed by atoms with van der Waals surface area (Å²) in [5.74, 6) is -0.146. The smallest absolute Gasteiger partial charge is 0.173 e. The maximum absolute atomic E-state index is 13.0. The van der Waals surface area contributed by atoms with Crippen molar-refractivity contribution < 1.29 is 9.90 Å². The fourth-order valence-corrected chi connectivity index (χ4v) is 3.03. The Kier molecular flexibility index (Phi) is 8.84. The number of hydrogen-bond donors (Lipinski definition) is 1. The Balaban J connectivity index is 0.00000312. The van der Waals surface area contributed by atoms with Gasteiger partial charge in [-0.2, -0.15) is 0 Å².